The number of terminal acetylenes is 1. The van der Waals surface area contributed by atoms with E-state index >= 15 is 0 Å². The van der Waals surface area contributed by atoms with Crippen LogP contribution >= 0.6 is 0 Å². The zero-order valence-electron chi connectivity index (χ0n) is 8.49. The minimum Gasteiger partial charge on any atom is -0.317 e. The fraction of sp³-hybridized carbons (Fsp3) is 0.800. The molecule has 80 valence electrons. The highest BCUT2D eigenvalue weighted by molar-refractivity contribution is 7.92. The van der Waals surface area contributed by atoms with Gasteiger partial charge in [0.25, 0.3) is 0 Å². The summed E-state index contributed by atoms with van der Waals surface area (Å²) in [5, 5.41) is 2.93. The summed E-state index contributed by atoms with van der Waals surface area (Å²) in [7, 11) is -3.07. The van der Waals surface area contributed by atoms with Gasteiger partial charge in [-0.15, -0.1) is 6.42 Å². The molecule has 0 bridgehead atoms. The molecule has 1 aliphatic heterocycles. The molecule has 0 aromatic rings. The van der Waals surface area contributed by atoms with Crippen molar-refractivity contribution in [2.24, 2.45) is 5.92 Å². The highest BCUT2D eigenvalue weighted by atomic mass is 32.2. The normalized spacial score (nSPS) is 21.4. The van der Waals surface area contributed by atoms with Crippen molar-refractivity contribution in [1.82, 2.24) is 5.32 Å². The average molecular weight is 215 g/mol. The lowest BCUT2D eigenvalue weighted by atomic mass is 9.95. The second kappa shape index (κ2) is 4.81. The van der Waals surface area contributed by atoms with E-state index in [0.717, 1.165) is 25.9 Å². The van der Waals surface area contributed by atoms with Gasteiger partial charge in [0.2, 0.25) is 0 Å². The lowest BCUT2D eigenvalue weighted by Crippen LogP contribution is -2.37. The summed E-state index contributed by atoms with van der Waals surface area (Å²) in [6.07, 6.45) is 6.91. The molecule has 1 rings (SSSR count). The first kappa shape index (κ1) is 11.5. The molecule has 0 aromatic heterocycles. The van der Waals surface area contributed by atoms with Crippen molar-refractivity contribution >= 4 is 9.84 Å². The van der Waals surface area contributed by atoms with Crippen LogP contribution in [0, 0.1) is 18.3 Å². The van der Waals surface area contributed by atoms with E-state index in [1.54, 1.807) is 6.92 Å². The summed E-state index contributed by atoms with van der Waals surface area (Å²) in [6, 6.07) is 0. The van der Waals surface area contributed by atoms with Gasteiger partial charge in [-0.25, -0.2) is 8.42 Å². The van der Waals surface area contributed by atoms with Crippen molar-refractivity contribution < 1.29 is 8.42 Å². The van der Waals surface area contributed by atoms with Crippen LogP contribution in [0.4, 0.5) is 0 Å². The lowest BCUT2D eigenvalue weighted by Gasteiger charge is -2.27. The second-order valence-electron chi connectivity index (χ2n) is 3.80. The van der Waals surface area contributed by atoms with Gasteiger partial charge in [-0.1, -0.05) is 5.92 Å². The van der Waals surface area contributed by atoms with Crippen LogP contribution in [0.3, 0.4) is 0 Å². The van der Waals surface area contributed by atoms with Crippen LogP contribution in [0.2, 0.25) is 0 Å². The van der Waals surface area contributed by atoms with E-state index in [1.807, 2.05) is 0 Å². The Balaban J connectivity index is 2.64. The van der Waals surface area contributed by atoms with Gasteiger partial charge in [0.05, 0.1) is 5.25 Å². The van der Waals surface area contributed by atoms with Gasteiger partial charge in [-0.05, 0) is 38.8 Å². The van der Waals surface area contributed by atoms with E-state index in [9.17, 15) is 8.42 Å². The van der Waals surface area contributed by atoms with Crippen LogP contribution in [0.1, 0.15) is 19.8 Å². The van der Waals surface area contributed by atoms with E-state index < -0.39 is 9.84 Å². The average Bonchev–Trinajstić information content (AvgIpc) is 2.18. The van der Waals surface area contributed by atoms with Crippen LogP contribution in [-0.4, -0.2) is 32.5 Å². The van der Waals surface area contributed by atoms with Crippen LogP contribution in [0.5, 0.6) is 0 Å². The van der Waals surface area contributed by atoms with E-state index in [2.05, 4.69) is 11.2 Å². The van der Waals surface area contributed by atoms with Gasteiger partial charge in [0, 0.05) is 0 Å². The summed E-state index contributed by atoms with van der Waals surface area (Å²) in [5.74, 6) is 2.37. The molecule has 0 saturated carbocycles. The summed E-state index contributed by atoms with van der Waals surface area (Å²) in [6.45, 7) is 3.61. The van der Waals surface area contributed by atoms with Gasteiger partial charge in [-0.3, -0.25) is 0 Å². The molecule has 1 aliphatic rings. The fourth-order valence-electron chi connectivity index (χ4n) is 1.85. The van der Waals surface area contributed by atoms with Crippen LogP contribution in [-0.2, 0) is 9.84 Å². The molecular weight excluding hydrogens is 198 g/mol. The first-order valence-electron chi connectivity index (χ1n) is 4.93. The highest BCUT2D eigenvalue weighted by Gasteiger charge is 2.29. The topological polar surface area (TPSA) is 46.2 Å². The molecule has 0 radical (unpaired) electrons. The monoisotopic (exact) mass is 215 g/mol. The summed E-state index contributed by atoms with van der Waals surface area (Å²) >= 11 is 0. The number of hydrogen-bond donors (Lipinski definition) is 1. The molecule has 0 amide bonds. The van der Waals surface area contributed by atoms with Crippen molar-refractivity contribution in [2.45, 2.75) is 25.0 Å². The van der Waals surface area contributed by atoms with Crippen molar-refractivity contribution in [1.29, 1.82) is 0 Å². The van der Waals surface area contributed by atoms with Gasteiger partial charge >= 0.3 is 0 Å². The quantitative estimate of drug-likeness (QED) is 0.694. The number of sulfone groups is 1. The number of rotatable bonds is 3. The van der Waals surface area contributed by atoms with Crippen molar-refractivity contribution in [3.05, 3.63) is 0 Å². The molecule has 0 aromatic carbocycles. The Morgan fingerprint density at radius 3 is 2.57 bits per heavy atom. The standard InChI is InChI=1S/C10H17NO2S/c1-3-8-14(12,13)9(2)10-4-6-11-7-5-10/h1,9-11H,4-8H2,2H3. The molecule has 1 N–H and O–H groups in total. The third kappa shape index (κ3) is 2.73. The van der Waals surface area contributed by atoms with Crippen molar-refractivity contribution in [3.8, 4) is 12.3 Å². The molecule has 1 saturated heterocycles. The largest absolute Gasteiger partial charge is 0.317 e. The van der Waals surface area contributed by atoms with E-state index in [0.29, 0.717) is 0 Å². The Hall–Kier alpha value is -0.530. The van der Waals surface area contributed by atoms with Crippen molar-refractivity contribution in [3.63, 3.8) is 0 Å². The molecule has 4 heteroatoms. The fourth-order valence-corrected chi connectivity index (χ4v) is 3.21. The Bertz CT molecular complexity index is 310. The van der Waals surface area contributed by atoms with Crippen molar-refractivity contribution in [2.75, 3.05) is 18.8 Å². The maximum Gasteiger partial charge on any atom is 0.164 e. The third-order valence-corrected chi connectivity index (χ3v) is 4.99. The molecule has 3 nitrogen and oxygen atoms in total. The van der Waals surface area contributed by atoms with Crippen LogP contribution < -0.4 is 5.32 Å². The molecule has 0 spiro atoms. The van der Waals surface area contributed by atoms with Gasteiger partial charge in [0.1, 0.15) is 5.75 Å². The minimum absolute atomic E-state index is 0.127. The lowest BCUT2D eigenvalue weighted by molar-refractivity contribution is 0.364. The maximum atomic E-state index is 11.7. The summed E-state index contributed by atoms with van der Waals surface area (Å²) in [4.78, 5) is 0. The second-order valence-corrected chi connectivity index (χ2v) is 6.16. The summed E-state index contributed by atoms with van der Waals surface area (Å²) < 4.78 is 23.3. The first-order chi connectivity index (χ1) is 6.58. The number of hydrogen-bond acceptors (Lipinski definition) is 3. The van der Waals surface area contributed by atoms with Gasteiger partial charge in [0.15, 0.2) is 9.84 Å². The molecule has 1 fully saturated rings. The smallest absolute Gasteiger partial charge is 0.164 e. The molecular formula is C10H17NO2S. The van der Waals surface area contributed by atoms with E-state index in [4.69, 9.17) is 6.42 Å². The zero-order chi connectivity index (χ0) is 10.6. The molecule has 1 unspecified atom stereocenters. The Morgan fingerprint density at radius 1 is 1.50 bits per heavy atom. The Kier molecular flexibility index (Phi) is 3.97. The van der Waals surface area contributed by atoms with Crippen LogP contribution in [0.15, 0.2) is 0 Å². The van der Waals surface area contributed by atoms with E-state index in [-0.39, 0.29) is 16.9 Å². The third-order valence-electron chi connectivity index (χ3n) is 2.90. The predicted octanol–water partition coefficient (Wildman–Crippen LogP) is 0.422. The molecule has 0 aliphatic carbocycles. The Labute approximate surface area is 86.2 Å². The number of piperidine rings is 1. The minimum atomic E-state index is -3.07. The SMILES string of the molecule is C#CCS(=O)(=O)C(C)C1CCNCC1. The molecule has 1 heterocycles. The molecule has 14 heavy (non-hydrogen) atoms. The predicted molar refractivity (Wildman–Crippen MR) is 57.7 cm³/mol. The molecule has 1 atom stereocenters. The zero-order valence-corrected chi connectivity index (χ0v) is 9.31. The van der Waals surface area contributed by atoms with Gasteiger partial charge in [-0.2, -0.15) is 0 Å². The number of nitrogens with one attached hydrogen (secondary N) is 1. The van der Waals surface area contributed by atoms with Gasteiger partial charge < -0.3 is 5.32 Å². The van der Waals surface area contributed by atoms with Crippen LogP contribution in [0.25, 0.3) is 0 Å². The van der Waals surface area contributed by atoms with E-state index in [1.165, 1.54) is 0 Å². The Morgan fingerprint density at radius 2 is 2.07 bits per heavy atom. The first-order valence-corrected chi connectivity index (χ1v) is 6.65. The summed E-state index contributed by atoms with van der Waals surface area (Å²) in [5.41, 5.74) is 0. The maximum absolute atomic E-state index is 11.7. The highest BCUT2D eigenvalue weighted by Crippen LogP contribution is 2.22.